The second kappa shape index (κ2) is 5.75. The average molecular weight is 278 g/mol. The van der Waals surface area contributed by atoms with Crippen LogP contribution in [0.25, 0.3) is 0 Å². The van der Waals surface area contributed by atoms with Crippen molar-refractivity contribution >= 4 is 5.91 Å². The van der Waals surface area contributed by atoms with Crippen molar-refractivity contribution in [3.63, 3.8) is 0 Å². The summed E-state index contributed by atoms with van der Waals surface area (Å²) < 4.78 is 0. The molecule has 1 aliphatic rings. The van der Waals surface area contributed by atoms with Gasteiger partial charge in [-0.05, 0) is 33.9 Å². The van der Waals surface area contributed by atoms with Crippen LogP contribution in [0.2, 0.25) is 0 Å². The number of likely N-dealkylation sites (N-methyl/N-ethyl adjacent to an activating group) is 1. The monoisotopic (exact) mass is 278 g/mol. The Morgan fingerprint density at radius 3 is 2.80 bits per heavy atom. The van der Waals surface area contributed by atoms with Crippen LogP contribution >= 0.6 is 0 Å². The van der Waals surface area contributed by atoms with Gasteiger partial charge in [0.2, 0.25) is 0 Å². The molecule has 1 aliphatic heterocycles. The SMILES string of the molecule is CCC1C(N(C)C)CCN1C(=O)c1ncnc(C)c1O. The summed E-state index contributed by atoms with van der Waals surface area (Å²) in [6.07, 6.45) is 3.16. The van der Waals surface area contributed by atoms with Crippen LogP contribution < -0.4 is 0 Å². The fourth-order valence-electron chi connectivity index (χ4n) is 2.94. The van der Waals surface area contributed by atoms with Gasteiger partial charge in [-0.15, -0.1) is 0 Å². The summed E-state index contributed by atoms with van der Waals surface area (Å²) in [4.78, 5) is 24.4. The van der Waals surface area contributed by atoms with Crippen molar-refractivity contribution in [1.82, 2.24) is 19.8 Å². The lowest BCUT2D eigenvalue weighted by Gasteiger charge is -2.30. The van der Waals surface area contributed by atoms with Crippen molar-refractivity contribution in [3.8, 4) is 5.75 Å². The molecule has 1 amide bonds. The summed E-state index contributed by atoms with van der Waals surface area (Å²) in [7, 11) is 4.07. The summed E-state index contributed by atoms with van der Waals surface area (Å²) in [5.41, 5.74) is 0.537. The first-order valence-electron chi connectivity index (χ1n) is 6.95. The molecule has 0 radical (unpaired) electrons. The summed E-state index contributed by atoms with van der Waals surface area (Å²) in [5.74, 6) is -0.315. The van der Waals surface area contributed by atoms with Crippen molar-refractivity contribution in [3.05, 3.63) is 17.7 Å². The molecule has 2 rings (SSSR count). The smallest absolute Gasteiger partial charge is 0.276 e. The second-order valence-electron chi connectivity index (χ2n) is 5.45. The number of aromatic nitrogens is 2. The third-order valence-electron chi connectivity index (χ3n) is 4.06. The topological polar surface area (TPSA) is 69.6 Å². The maximum Gasteiger partial charge on any atom is 0.276 e. The van der Waals surface area contributed by atoms with Crippen LogP contribution in [0.4, 0.5) is 0 Å². The van der Waals surface area contributed by atoms with E-state index in [1.165, 1.54) is 6.33 Å². The quantitative estimate of drug-likeness (QED) is 0.895. The summed E-state index contributed by atoms with van der Waals surface area (Å²) in [6.45, 7) is 4.44. The molecule has 1 N–H and O–H groups in total. The van der Waals surface area contributed by atoms with E-state index in [0.29, 0.717) is 18.3 Å². The Hall–Kier alpha value is -1.69. The lowest BCUT2D eigenvalue weighted by atomic mass is 10.1. The fourth-order valence-corrected chi connectivity index (χ4v) is 2.94. The van der Waals surface area contributed by atoms with Gasteiger partial charge < -0.3 is 14.9 Å². The zero-order valence-electron chi connectivity index (χ0n) is 12.5. The van der Waals surface area contributed by atoms with Gasteiger partial charge in [0.15, 0.2) is 11.4 Å². The molecule has 1 fully saturated rings. The van der Waals surface area contributed by atoms with E-state index >= 15 is 0 Å². The highest BCUT2D eigenvalue weighted by Crippen LogP contribution is 2.27. The van der Waals surface area contributed by atoms with Gasteiger partial charge in [0.1, 0.15) is 6.33 Å². The van der Waals surface area contributed by atoms with Gasteiger partial charge in [-0.25, -0.2) is 9.97 Å². The number of hydrogen-bond donors (Lipinski definition) is 1. The van der Waals surface area contributed by atoms with Gasteiger partial charge in [0.25, 0.3) is 5.91 Å². The van der Waals surface area contributed by atoms with Crippen LogP contribution in [-0.2, 0) is 0 Å². The first-order valence-corrected chi connectivity index (χ1v) is 6.95. The molecule has 0 spiro atoms. The van der Waals surface area contributed by atoms with Gasteiger partial charge >= 0.3 is 0 Å². The van der Waals surface area contributed by atoms with Crippen LogP contribution in [0.5, 0.6) is 5.75 Å². The predicted molar refractivity (Wildman–Crippen MR) is 75.6 cm³/mol. The van der Waals surface area contributed by atoms with E-state index < -0.39 is 0 Å². The molecule has 0 aromatic carbocycles. The molecule has 2 unspecified atom stereocenters. The van der Waals surface area contributed by atoms with E-state index in [-0.39, 0.29) is 23.4 Å². The first-order chi connectivity index (χ1) is 9.47. The minimum absolute atomic E-state index is 0.107. The van der Waals surface area contributed by atoms with E-state index in [4.69, 9.17) is 0 Å². The minimum atomic E-state index is -0.204. The molecule has 1 aromatic heterocycles. The van der Waals surface area contributed by atoms with Crippen molar-refractivity contribution in [2.24, 2.45) is 0 Å². The zero-order chi connectivity index (χ0) is 14.9. The van der Waals surface area contributed by atoms with Gasteiger partial charge in [0, 0.05) is 18.6 Å². The molecule has 0 saturated carbocycles. The number of likely N-dealkylation sites (tertiary alicyclic amines) is 1. The highest BCUT2D eigenvalue weighted by molar-refractivity contribution is 5.95. The first kappa shape index (κ1) is 14.7. The Labute approximate surface area is 119 Å². The highest BCUT2D eigenvalue weighted by Gasteiger charge is 2.38. The standard InChI is InChI=1S/C14H22N4O2/c1-5-10-11(17(3)4)6-7-18(10)14(20)12-13(19)9(2)15-8-16-12/h8,10-11,19H,5-7H2,1-4H3. The number of amides is 1. The van der Waals surface area contributed by atoms with Crippen molar-refractivity contribution in [2.45, 2.75) is 38.8 Å². The number of carbonyl (C=O) groups is 1. The molecule has 20 heavy (non-hydrogen) atoms. The maximum atomic E-state index is 12.6. The van der Waals surface area contributed by atoms with Crippen LogP contribution in [-0.4, -0.2) is 63.5 Å². The Kier molecular flexibility index (Phi) is 4.23. The van der Waals surface area contributed by atoms with Crippen LogP contribution in [0, 0.1) is 6.92 Å². The molecular weight excluding hydrogens is 256 g/mol. The fraction of sp³-hybridized carbons (Fsp3) is 0.643. The van der Waals surface area contributed by atoms with Gasteiger partial charge in [-0.1, -0.05) is 6.92 Å². The Bertz CT molecular complexity index is 504. The number of aryl methyl sites for hydroxylation is 1. The lowest BCUT2D eigenvalue weighted by molar-refractivity contribution is 0.0690. The molecule has 110 valence electrons. The van der Waals surface area contributed by atoms with Gasteiger partial charge in [-0.3, -0.25) is 4.79 Å². The Balaban J connectivity index is 2.27. The number of carbonyl (C=O) groups excluding carboxylic acids is 1. The third-order valence-corrected chi connectivity index (χ3v) is 4.06. The molecule has 0 aliphatic carbocycles. The molecule has 1 saturated heterocycles. The van der Waals surface area contributed by atoms with E-state index in [1.807, 2.05) is 19.0 Å². The second-order valence-corrected chi connectivity index (χ2v) is 5.45. The third kappa shape index (κ3) is 2.47. The highest BCUT2D eigenvalue weighted by atomic mass is 16.3. The number of hydrogen-bond acceptors (Lipinski definition) is 5. The predicted octanol–water partition coefficient (Wildman–Crippen LogP) is 1.05. The van der Waals surface area contributed by atoms with Gasteiger partial charge in [0.05, 0.1) is 5.69 Å². The van der Waals surface area contributed by atoms with Gasteiger partial charge in [-0.2, -0.15) is 0 Å². The number of rotatable bonds is 3. The summed E-state index contributed by atoms with van der Waals surface area (Å²) >= 11 is 0. The Morgan fingerprint density at radius 2 is 2.20 bits per heavy atom. The molecular formula is C14H22N4O2. The summed E-state index contributed by atoms with van der Waals surface area (Å²) in [6, 6.07) is 0.515. The molecule has 6 nitrogen and oxygen atoms in total. The molecule has 6 heteroatoms. The molecule has 2 atom stereocenters. The van der Waals surface area contributed by atoms with Crippen molar-refractivity contribution in [2.75, 3.05) is 20.6 Å². The minimum Gasteiger partial charge on any atom is -0.504 e. The molecule has 2 heterocycles. The van der Waals surface area contributed by atoms with E-state index in [2.05, 4.69) is 21.8 Å². The van der Waals surface area contributed by atoms with Crippen LogP contribution in [0.1, 0.15) is 35.9 Å². The van der Waals surface area contributed by atoms with Crippen molar-refractivity contribution < 1.29 is 9.90 Å². The largest absolute Gasteiger partial charge is 0.504 e. The number of aromatic hydroxyl groups is 1. The summed E-state index contributed by atoms with van der Waals surface area (Å²) in [5, 5.41) is 9.98. The van der Waals surface area contributed by atoms with E-state index in [0.717, 1.165) is 12.8 Å². The van der Waals surface area contributed by atoms with Crippen LogP contribution in [0.15, 0.2) is 6.33 Å². The Morgan fingerprint density at radius 1 is 1.50 bits per heavy atom. The average Bonchev–Trinajstić information content (AvgIpc) is 2.85. The van der Waals surface area contributed by atoms with E-state index in [1.54, 1.807) is 6.92 Å². The van der Waals surface area contributed by atoms with Crippen molar-refractivity contribution in [1.29, 1.82) is 0 Å². The zero-order valence-corrected chi connectivity index (χ0v) is 12.5. The normalized spacial score (nSPS) is 22.6. The molecule has 1 aromatic rings. The maximum absolute atomic E-state index is 12.6. The van der Waals surface area contributed by atoms with E-state index in [9.17, 15) is 9.90 Å². The lowest BCUT2D eigenvalue weighted by Crippen LogP contribution is -2.44. The number of nitrogens with zero attached hydrogens (tertiary/aromatic N) is 4. The van der Waals surface area contributed by atoms with Crippen LogP contribution in [0.3, 0.4) is 0 Å². The molecule has 0 bridgehead atoms.